The highest BCUT2D eigenvalue weighted by Gasteiger charge is 2.32. The number of esters is 5. The molecule has 1 saturated heterocycles. The maximum atomic E-state index is 12.0. The second-order valence-electron chi connectivity index (χ2n) is 20.1. The van der Waals surface area contributed by atoms with Crippen LogP contribution in [0.4, 0.5) is 0 Å². The highest BCUT2D eigenvalue weighted by molar-refractivity contribution is 8.00. The van der Waals surface area contributed by atoms with E-state index in [9.17, 15) is 63.6 Å². The Hall–Kier alpha value is -4.68. The standard InChI is InChI=1S/C18H30N2O9S2.C12H23NO5S.C11H21NO5S.C9H19NO2.C8H17NO2/c1-19(7-5-17(23)27-2)8-9-28-10-13-31(25,26)14-12-30-11-6-18(24)29-20-15(21)3-4-16(20)22;1-4-18-12(14)6-7-13(3)8-9-17-10-11-19(15,16)5-2;1-4-18(14,15)10-9-17-8-7-12(2)6-5-11(13)16-3;1-4-7-10(3)8-6-9(11)12-5-2;1-4-6-9(2)7-5-8(10)11-3/h3-14H2,1-2H3;5H,2,4,6-11H2,1,3H3;4H,1,5-10H2,2-3H3;4-8H2,1-3H3;4-7H2,1-3H3. The zero-order valence-corrected chi connectivity index (χ0v) is 59.6. The third-order valence-corrected chi connectivity index (χ3v) is 17.4. The normalized spacial score (nSPS) is 12.2. The molecule has 0 saturated carbocycles. The zero-order valence-electron chi connectivity index (χ0n) is 56.3. The van der Waals surface area contributed by atoms with E-state index in [0.717, 1.165) is 49.8 Å². The fraction of sp³-hybridized carbons (Fsp3) is 0.793. The van der Waals surface area contributed by atoms with Crippen LogP contribution in [0.25, 0.3) is 0 Å². The van der Waals surface area contributed by atoms with E-state index < -0.39 is 47.3 Å². The van der Waals surface area contributed by atoms with E-state index >= 15 is 0 Å². The molecule has 0 N–H and O–H groups in total. The van der Waals surface area contributed by atoms with Gasteiger partial charge in [0.1, 0.15) is 0 Å². The molecular weight excluding hydrogens is 1280 g/mol. The number of likely N-dealkylation sites (N-methyl/N-ethyl adjacent to an activating group) is 3. The van der Waals surface area contributed by atoms with Gasteiger partial charge < -0.3 is 67.2 Å². The Morgan fingerprint density at radius 2 is 0.758 bits per heavy atom. The summed E-state index contributed by atoms with van der Waals surface area (Å²) in [6.45, 7) is 23.9. The van der Waals surface area contributed by atoms with Gasteiger partial charge in [-0.1, -0.05) is 27.0 Å². The van der Waals surface area contributed by atoms with Crippen LogP contribution in [0.1, 0.15) is 91.9 Å². The first-order valence-corrected chi connectivity index (χ1v) is 36.5. The van der Waals surface area contributed by atoms with Crippen LogP contribution in [0.5, 0.6) is 0 Å². The molecule has 0 aliphatic carbocycles. The van der Waals surface area contributed by atoms with Crippen molar-refractivity contribution in [3.8, 4) is 0 Å². The minimum absolute atomic E-state index is 0.0334. The number of hydroxylamine groups is 2. The molecule has 534 valence electrons. The Labute approximate surface area is 547 Å². The number of methoxy groups -OCH3 is 3. The number of amides is 2. The third kappa shape index (κ3) is 62.5. The van der Waals surface area contributed by atoms with Crippen molar-refractivity contribution in [2.45, 2.75) is 91.9 Å². The van der Waals surface area contributed by atoms with Crippen LogP contribution >= 0.6 is 11.8 Å². The number of rotatable bonds is 48. The number of ether oxygens (including phenoxy) is 8. The number of sulfone groups is 3. The molecule has 0 bridgehead atoms. The molecule has 1 fully saturated rings. The molecule has 0 unspecified atom stereocenters. The van der Waals surface area contributed by atoms with Gasteiger partial charge in [0.05, 0.1) is 136 Å². The third-order valence-electron chi connectivity index (χ3n) is 12.1. The van der Waals surface area contributed by atoms with Crippen molar-refractivity contribution >= 4 is 88.9 Å². The number of hydrogen-bond acceptors (Lipinski definition) is 29. The van der Waals surface area contributed by atoms with Gasteiger partial charge in [-0.3, -0.25) is 33.6 Å². The molecule has 29 nitrogen and oxygen atoms in total. The summed E-state index contributed by atoms with van der Waals surface area (Å²) in [4.78, 5) is 104. The van der Waals surface area contributed by atoms with Crippen LogP contribution in [0.15, 0.2) is 24.0 Å². The maximum Gasteiger partial charge on any atom is 0.334 e. The molecular formula is C58H110N6O23S4. The van der Waals surface area contributed by atoms with Crippen molar-refractivity contribution in [1.29, 1.82) is 0 Å². The molecule has 0 aromatic rings. The van der Waals surface area contributed by atoms with Gasteiger partial charge in [-0.2, -0.15) is 11.8 Å². The first-order chi connectivity index (χ1) is 42.9. The zero-order chi connectivity index (χ0) is 70.1. The van der Waals surface area contributed by atoms with Crippen LogP contribution in [0.3, 0.4) is 0 Å². The highest BCUT2D eigenvalue weighted by Crippen LogP contribution is 2.14. The maximum absolute atomic E-state index is 12.0. The molecule has 0 atom stereocenters. The summed E-state index contributed by atoms with van der Waals surface area (Å²) < 4.78 is 107. The van der Waals surface area contributed by atoms with Gasteiger partial charge in [-0.05, 0) is 75.0 Å². The van der Waals surface area contributed by atoms with Gasteiger partial charge in [0.15, 0.2) is 29.5 Å². The van der Waals surface area contributed by atoms with E-state index in [-0.39, 0.29) is 98.4 Å². The Morgan fingerprint density at radius 3 is 1.07 bits per heavy atom. The van der Waals surface area contributed by atoms with Gasteiger partial charge in [0, 0.05) is 87.5 Å². The summed E-state index contributed by atoms with van der Waals surface area (Å²) in [5.74, 6) is -2.37. The smallest absolute Gasteiger partial charge is 0.334 e. The van der Waals surface area contributed by atoms with E-state index in [1.165, 1.54) is 33.1 Å². The predicted octanol–water partition coefficient (Wildman–Crippen LogP) is 2.32. The molecule has 1 aliphatic rings. The molecule has 33 heteroatoms. The van der Waals surface area contributed by atoms with Crippen molar-refractivity contribution in [2.24, 2.45) is 0 Å². The molecule has 91 heavy (non-hydrogen) atoms. The summed E-state index contributed by atoms with van der Waals surface area (Å²) in [6, 6.07) is 0. The number of thioether (sulfide) groups is 1. The number of carbonyl (C=O) groups is 8. The first-order valence-electron chi connectivity index (χ1n) is 30.1. The summed E-state index contributed by atoms with van der Waals surface area (Å²) in [7, 11) is 4.04. The summed E-state index contributed by atoms with van der Waals surface area (Å²) in [5, 5.41) is 2.36. The molecule has 1 heterocycles. The van der Waals surface area contributed by atoms with E-state index in [4.69, 9.17) is 28.5 Å². The largest absolute Gasteiger partial charge is 0.469 e. The molecule has 0 aromatic carbocycles. The van der Waals surface area contributed by atoms with Crippen LogP contribution in [0.2, 0.25) is 0 Å². The average molecular weight is 1390 g/mol. The van der Waals surface area contributed by atoms with Crippen LogP contribution < -0.4 is 0 Å². The first kappa shape index (κ1) is 92.7. The lowest BCUT2D eigenvalue weighted by molar-refractivity contribution is -0.197. The van der Waals surface area contributed by atoms with Crippen molar-refractivity contribution in [2.75, 3.05) is 209 Å². The van der Waals surface area contributed by atoms with E-state index in [2.05, 4.69) is 51.0 Å². The summed E-state index contributed by atoms with van der Waals surface area (Å²) >= 11 is 1.27. The lowest BCUT2D eigenvalue weighted by atomic mass is 10.3. The highest BCUT2D eigenvalue weighted by atomic mass is 32.2. The number of hydrogen-bond donors (Lipinski definition) is 0. The predicted molar refractivity (Wildman–Crippen MR) is 349 cm³/mol. The van der Waals surface area contributed by atoms with Gasteiger partial charge in [-0.25, -0.2) is 30.0 Å². The van der Waals surface area contributed by atoms with E-state index in [0.29, 0.717) is 115 Å². The second-order valence-corrected chi connectivity index (χ2v) is 27.7. The Kier molecular flexibility index (Phi) is 60.2. The van der Waals surface area contributed by atoms with Gasteiger partial charge in [0.25, 0.3) is 11.8 Å². The van der Waals surface area contributed by atoms with Crippen LogP contribution in [-0.4, -0.2) is 312 Å². The lowest BCUT2D eigenvalue weighted by Crippen LogP contribution is -2.32. The molecule has 0 radical (unpaired) electrons. The van der Waals surface area contributed by atoms with Crippen LogP contribution in [-0.2, 0) is 111 Å². The minimum Gasteiger partial charge on any atom is -0.469 e. The lowest BCUT2D eigenvalue weighted by Gasteiger charge is -2.15. The molecule has 1 aliphatic heterocycles. The number of carbonyl (C=O) groups excluding carboxylic acids is 8. The second kappa shape index (κ2) is 59.1. The Bertz CT molecular complexity index is 2360. The molecule has 1 rings (SSSR count). The average Bonchev–Trinajstić information content (AvgIpc) is 2.78. The topological polar surface area (TPSA) is 341 Å². The summed E-state index contributed by atoms with van der Waals surface area (Å²) in [5.41, 5.74) is 0. The molecule has 2 amide bonds. The van der Waals surface area contributed by atoms with Crippen molar-refractivity contribution in [3.05, 3.63) is 24.0 Å². The van der Waals surface area contributed by atoms with Gasteiger partial charge >= 0.3 is 35.8 Å². The Morgan fingerprint density at radius 1 is 0.440 bits per heavy atom. The van der Waals surface area contributed by atoms with Crippen molar-refractivity contribution in [1.82, 2.24) is 29.6 Å². The molecule has 0 aromatic heterocycles. The Balaban J connectivity index is -0.000000550. The van der Waals surface area contributed by atoms with Crippen LogP contribution in [0, 0.1) is 0 Å². The SMILES string of the molecule is C=CS(=O)(=O)CCOCCN(C)CCC(=O)OC.C=CS(=O)(=O)CCOCCN(C)CCC(=O)OCC.CCCN(C)CCC(=O)OC.CCCN(C)CCC(=O)OCC.COC(=O)CCN(C)CCOCCS(=O)(=O)CCSCCC(=O)ON1C(=O)CCC1=O. The van der Waals surface area contributed by atoms with E-state index in [1.807, 2.05) is 56.9 Å². The minimum atomic E-state index is -3.28. The quantitative estimate of drug-likeness (QED) is 0.0365. The fourth-order valence-electron chi connectivity index (χ4n) is 6.53. The number of nitrogens with zero attached hydrogens (tertiary/aromatic N) is 6. The summed E-state index contributed by atoms with van der Waals surface area (Å²) in [6.07, 6.45) is 4.24. The number of imide groups is 1. The van der Waals surface area contributed by atoms with Gasteiger partial charge in [0.2, 0.25) is 0 Å². The van der Waals surface area contributed by atoms with Crippen molar-refractivity contribution < 1.29 is 106 Å². The van der Waals surface area contributed by atoms with Crippen molar-refractivity contribution in [3.63, 3.8) is 0 Å². The molecule has 0 spiro atoms. The monoisotopic (exact) mass is 1390 g/mol. The fourth-order valence-corrected chi connectivity index (χ4v) is 10.1. The van der Waals surface area contributed by atoms with Gasteiger partial charge in [-0.15, -0.1) is 5.06 Å². The van der Waals surface area contributed by atoms with E-state index in [1.54, 1.807) is 6.92 Å².